The summed E-state index contributed by atoms with van der Waals surface area (Å²) in [6, 6.07) is 14.2. The topological polar surface area (TPSA) is 83.2 Å². The van der Waals surface area contributed by atoms with E-state index in [9.17, 15) is 14.4 Å². The summed E-state index contributed by atoms with van der Waals surface area (Å²) in [5.41, 5.74) is 2.62. The molecule has 5 rings (SSSR count). The molecular formula is C26H25ClFN5O2. The van der Waals surface area contributed by atoms with Crippen molar-refractivity contribution in [2.75, 3.05) is 25.0 Å². The van der Waals surface area contributed by atoms with E-state index in [0.29, 0.717) is 55.4 Å². The molecule has 7 nitrogen and oxygen atoms in total. The molecule has 2 aliphatic heterocycles. The van der Waals surface area contributed by atoms with Crippen LogP contribution in [0.4, 0.5) is 10.1 Å². The third kappa shape index (κ3) is 4.69. The largest absolute Gasteiger partial charge is 0.476 e. The zero-order valence-corrected chi connectivity index (χ0v) is 20.1. The Morgan fingerprint density at radius 3 is 2.69 bits per heavy atom. The van der Waals surface area contributed by atoms with Crippen LogP contribution in [0.15, 0.2) is 48.7 Å². The summed E-state index contributed by atoms with van der Waals surface area (Å²) in [7, 11) is 0. The predicted octanol–water partition coefficient (Wildman–Crippen LogP) is 4.52. The number of hydrogen-bond acceptors (Lipinski definition) is 5. The molecule has 0 aliphatic carbocycles. The van der Waals surface area contributed by atoms with E-state index in [1.807, 2.05) is 19.2 Å². The Morgan fingerprint density at radius 1 is 1.29 bits per heavy atom. The lowest BCUT2D eigenvalue weighted by molar-refractivity contribution is -0.140. The Bertz CT molecular complexity index is 1290. The SMILES string of the molecule is Cc1ccn(-c2cc3c(cc2Cl)NCC(C(=O)N2CCC(C#N)(Cc4ccc(F)cc4)CC2)O3)n1. The molecule has 2 aliphatic rings. The van der Waals surface area contributed by atoms with Gasteiger partial charge in [0, 0.05) is 25.4 Å². The van der Waals surface area contributed by atoms with Gasteiger partial charge in [0.1, 0.15) is 11.6 Å². The van der Waals surface area contributed by atoms with Crippen LogP contribution in [0.3, 0.4) is 0 Å². The lowest BCUT2D eigenvalue weighted by atomic mass is 9.75. The van der Waals surface area contributed by atoms with Crippen molar-refractivity contribution < 1.29 is 13.9 Å². The van der Waals surface area contributed by atoms with E-state index < -0.39 is 11.5 Å². The van der Waals surface area contributed by atoms with Gasteiger partial charge in [0.05, 0.1) is 40.1 Å². The van der Waals surface area contributed by atoms with E-state index in [4.69, 9.17) is 16.3 Å². The fourth-order valence-corrected chi connectivity index (χ4v) is 4.97. The van der Waals surface area contributed by atoms with Gasteiger partial charge in [0.25, 0.3) is 5.91 Å². The maximum Gasteiger partial charge on any atom is 0.265 e. The van der Waals surface area contributed by atoms with Gasteiger partial charge in [-0.25, -0.2) is 9.07 Å². The first-order chi connectivity index (χ1) is 16.9. The summed E-state index contributed by atoms with van der Waals surface area (Å²) < 4.78 is 21.0. The number of carbonyl (C=O) groups is 1. The number of carbonyl (C=O) groups excluding carboxylic acids is 1. The lowest BCUT2D eigenvalue weighted by Crippen LogP contribution is -2.51. The molecule has 9 heteroatoms. The van der Waals surface area contributed by atoms with Gasteiger partial charge < -0.3 is 15.0 Å². The second kappa shape index (κ2) is 9.23. The molecule has 1 atom stereocenters. The van der Waals surface area contributed by atoms with Crippen molar-refractivity contribution in [2.24, 2.45) is 5.41 Å². The zero-order chi connectivity index (χ0) is 24.6. The van der Waals surface area contributed by atoms with Crippen LogP contribution in [0.1, 0.15) is 24.1 Å². The van der Waals surface area contributed by atoms with Gasteiger partial charge in [0.2, 0.25) is 0 Å². The third-order valence-electron chi connectivity index (χ3n) is 6.77. The normalized spacial score (nSPS) is 18.7. The maximum absolute atomic E-state index is 13.3. The predicted molar refractivity (Wildman–Crippen MR) is 130 cm³/mol. The molecule has 0 radical (unpaired) electrons. The monoisotopic (exact) mass is 493 g/mol. The number of likely N-dealkylation sites (tertiary alicyclic amines) is 1. The molecule has 1 aromatic heterocycles. The molecule has 0 bridgehead atoms. The number of ether oxygens (including phenoxy) is 1. The molecule has 1 amide bonds. The van der Waals surface area contributed by atoms with Crippen molar-refractivity contribution in [3.63, 3.8) is 0 Å². The molecular weight excluding hydrogens is 469 g/mol. The highest BCUT2D eigenvalue weighted by Crippen LogP contribution is 2.38. The van der Waals surface area contributed by atoms with Crippen LogP contribution in [0.5, 0.6) is 5.75 Å². The number of benzene rings is 2. The number of amides is 1. The van der Waals surface area contributed by atoms with Crippen molar-refractivity contribution in [2.45, 2.75) is 32.3 Å². The first kappa shape index (κ1) is 23.2. The molecule has 35 heavy (non-hydrogen) atoms. The average Bonchev–Trinajstić information content (AvgIpc) is 3.30. The first-order valence-corrected chi connectivity index (χ1v) is 11.9. The van der Waals surface area contributed by atoms with Crippen molar-refractivity contribution in [3.05, 3.63) is 70.8 Å². The third-order valence-corrected chi connectivity index (χ3v) is 7.07. The van der Waals surface area contributed by atoms with Gasteiger partial charge in [-0.3, -0.25) is 4.79 Å². The number of aromatic nitrogens is 2. The van der Waals surface area contributed by atoms with Crippen LogP contribution in [-0.4, -0.2) is 46.3 Å². The Morgan fingerprint density at radius 2 is 2.03 bits per heavy atom. The number of hydrogen-bond donors (Lipinski definition) is 1. The minimum absolute atomic E-state index is 0.108. The van der Waals surface area contributed by atoms with E-state index in [1.165, 1.54) is 12.1 Å². The molecule has 1 unspecified atom stereocenters. The number of nitrogens with zero attached hydrogens (tertiary/aromatic N) is 4. The highest BCUT2D eigenvalue weighted by Gasteiger charge is 2.39. The van der Waals surface area contributed by atoms with Crippen LogP contribution in [-0.2, 0) is 11.2 Å². The smallest absolute Gasteiger partial charge is 0.265 e. The van der Waals surface area contributed by atoms with Crippen molar-refractivity contribution in [1.82, 2.24) is 14.7 Å². The second-order valence-corrected chi connectivity index (χ2v) is 9.62. The fourth-order valence-electron chi connectivity index (χ4n) is 4.72. The van der Waals surface area contributed by atoms with Crippen LogP contribution in [0, 0.1) is 29.5 Å². The van der Waals surface area contributed by atoms with Crippen LogP contribution < -0.4 is 10.1 Å². The van der Waals surface area contributed by atoms with E-state index in [1.54, 1.807) is 33.8 Å². The summed E-state index contributed by atoms with van der Waals surface area (Å²) in [6.45, 7) is 3.17. The Labute approximate surface area is 208 Å². The van der Waals surface area contributed by atoms with E-state index in [0.717, 1.165) is 16.9 Å². The number of piperidine rings is 1. The van der Waals surface area contributed by atoms with Gasteiger partial charge >= 0.3 is 0 Å². The Kier molecular flexibility index (Phi) is 6.12. The number of nitrogens with one attached hydrogen (secondary N) is 1. The minimum atomic E-state index is -0.678. The van der Waals surface area contributed by atoms with Gasteiger partial charge in [-0.1, -0.05) is 23.7 Å². The van der Waals surface area contributed by atoms with Crippen molar-refractivity contribution in [1.29, 1.82) is 5.26 Å². The Balaban J connectivity index is 1.26. The second-order valence-electron chi connectivity index (χ2n) is 9.21. The van der Waals surface area contributed by atoms with Crippen LogP contribution in [0.2, 0.25) is 5.02 Å². The molecule has 3 aromatic rings. The van der Waals surface area contributed by atoms with Crippen molar-refractivity contribution >= 4 is 23.2 Å². The van der Waals surface area contributed by atoms with Crippen LogP contribution >= 0.6 is 11.6 Å². The number of rotatable bonds is 4. The van der Waals surface area contributed by atoms with Crippen molar-refractivity contribution in [3.8, 4) is 17.5 Å². The molecule has 0 spiro atoms. The molecule has 2 aromatic carbocycles. The van der Waals surface area contributed by atoms with E-state index >= 15 is 0 Å². The van der Waals surface area contributed by atoms with Gasteiger partial charge in [-0.2, -0.15) is 10.4 Å². The maximum atomic E-state index is 13.3. The summed E-state index contributed by atoms with van der Waals surface area (Å²) in [5, 5.41) is 18.1. The molecule has 1 fully saturated rings. The van der Waals surface area contributed by atoms with Gasteiger partial charge in [-0.15, -0.1) is 0 Å². The highest BCUT2D eigenvalue weighted by atomic mass is 35.5. The highest BCUT2D eigenvalue weighted by molar-refractivity contribution is 6.32. The molecule has 1 N–H and O–H groups in total. The number of nitriles is 1. The van der Waals surface area contributed by atoms with Gasteiger partial charge in [0.15, 0.2) is 6.10 Å². The van der Waals surface area contributed by atoms with E-state index in [2.05, 4.69) is 16.5 Å². The molecule has 180 valence electrons. The molecule has 0 saturated carbocycles. The summed E-state index contributed by atoms with van der Waals surface area (Å²) >= 11 is 6.46. The average molecular weight is 494 g/mol. The minimum Gasteiger partial charge on any atom is -0.476 e. The first-order valence-electron chi connectivity index (χ1n) is 11.6. The summed E-state index contributed by atoms with van der Waals surface area (Å²) in [5.74, 6) is 0.140. The summed E-state index contributed by atoms with van der Waals surface area (Å²) in [6.07, 6.45) is 2.80. The number of aryl methyl sites for hydroxylation is 1. The number of fused-ring (bicyclic) bond motifs is 1. The summed E-state index contributed by atoms with van der Waals surface area (Å²) in [4.78, 5) is 15.0. The lowest BCUT2D eigenvalue weighted by Gasteiger charge is -2.39. The van der Waals surface area contributed by atoms with E-state index in [-0.39, 0.29) is 11.7 Å². The van der Waals surface area contributed by atoms with Crippen LogP contribution in [0.25, 0.3) is 5.69 Å². The van der Waals surface area contributed by atoms with Gasteiger partial charge in [-0.05, 0) is 56.0 Å². The Hall–Kier alpha value is -3.57. The standard InChI is InChI=1S/C26H25ClFN5O2/c1-17-6-9-33(31-17)22-13-23-21(12-20(22)27)30-15-24(35-23)25(34)32-10-7-26(16-29,8-11-32)14-18-2-4-19(28)5-3-18/h2-6,9,12-13,24,30H,7-8,10-11,14-15H2,1H3. The number of anilines is 1. The molecule has 3 heterocycles. The number of halogens is 2. The zero-order valence-electron chi connectivity index (χ0n) is 19.3. The quantitative estimate of drug-likeness (QED) is 0.577. The molecule has 1 saturated heterocycles. The fraction of sp³-hybridized carbons (Fsp3) is 0.346.